The summed E-state index contributed by atoms with van der Waals surface area (Å²) in [6.45, 7) is 6.43. The molecule has 83 heavy (non-hydrogen) atoms. The summed E-state index contributed by atoms with van der Waals surface area (Å²) < 4.78 is 17.0. The van der Waals surface area contributed by atoms with Crippen molar-refractivity contribution in [3.05, 3.63) is 122 Å². The van der Waals surface area contributed by atoms with Gasteiger partial charge in [0.25, 0.3) is 0 Å². The molecule has 0 aliphatic heterocycles. The SMILES string of the molecule is CC/C=C\C/C=C\C/C=C\C/C=C\C/C=C\CCCCCCCC(=O)OC(COC(=O)CCCCCCCCCCC/C=C\CCCCCCCC)COC(=O)CCCCCCCCCCCCCC/C=C\C/C=C\C/C=C\C/C=C\CC. The predicted molar refractivity (Wildman–Crippen MR) is 362 cm³/mol. The molecule has 0 aromatic rings. The fourth-order valence-electron chi connectivity index (χ4n) is 9.75. The zero-order chi connectivity index (χ0) is 59.9. The average Bonchev–Trinajstić information content (AvgIpc) is 3.50. The van der Waals surface area contributed by atoms with Gasteiger partial charge in [-0.15, -0.1) is 0 Å². The predicted octanol–water partition coefficient (Wildman–Crippen LogP) is 24.3. The summed E-state index contributed by atoms with van der Waals surface area (Å²) in [6.07, 6.45) is 97.8. The molecule has 0 aromatic carbocycles. The first-order chi connectivity index (χ1) is 41.0. The minimum absolute atomic E-state index is 0.0880. The van der Waals surface area contributed by atoms with E-state index in [4.69, 9.17) is 14.2 Å². The van der Waals surface area contributed by atoms with Crippen molar-refractivity contribution < 1.29 is 28.6 Å². The molecule has 0 heterocycles. The Kier molecular flexibility index (Phi) is 66.7. The number of ether oxygens (including phenoxy) is 3. The van der Waals surface area contributed by atoms with E-state index in [-0.39, 0.29) is 31.1 Å². The monoisotopic (exact) mass is 1150 g/mol. The Bertz CT molecular complexity index is 1700. The quantitative estimate of drug-likeness (QED) is 0.0261. The number of hydrogen-bond acceptors (Lipinski definition) is 6. The highest BCUT2D eigenvalue weighted by atomic mass is 16.6. The van der Waals surface area contributed by atoms with E-state index in [0.717, 1.165) is 135 Å². The molecule has 0 radical (unpaired) electrons. The van der Waals surface area contributed by atoms with Crippen LogP contribution in [0.4, 0.5) is 0 Å². The number of hydrogen-bond donors (Lipinski definition) is 0. The molecule has 1 atom stereocenters. The van der Waals surface area contributed by atoms with Crippen molar-refractivity contribution >= 4 is 17.9 Å². The summed E-state index contributed by atoms with van der Waals surface area (Å²) in [5, 5.41) is 0. The highest BCUT2D eigenvalue weighted by Crippen LogP contribution is 2.17. The van der Waals surface area contributed by atoms with Crippen LogP contribution in [0.3, 0.4) is 0 Å². The van der Waals surface area contributed by atoms with Crippen LogP contribution in [-0.2, 0) is 28.6 Å². The molecule has 0 aromatic heterocycles. The third-order valence-corrected chi connectivity index (χ3v) is 14.9. The van der Waals surface area contributed by atoms with Gasteiger partial charge in [0.05, 0.1) is 0 Å². The van der Waals surface area contributed by atoms with Gasteiger partial charge in [0.15, 0.2) is 6.10 Å². The molecule has 0 saturated carbocycles. The smallest absolute Gasteiger partial charge is 0.306 e. The van der Waals surface area contributed by atoms with Crippen molar-refractivity contribution in [1.82, 2.24) is 0 Å². The van der Waals surface area contributed by atoms with Gasteiger partial charge in [-0.05, 0) is 128 Å². The Morgan fingerprint density at radius 3 is 0.747 bits per heavy atom. The number of carbonyl (C=O) groups is 3. The van der Waals surface area contributed by atoms with Crippen molar-refractivity contribution in [1.29, 1.82) is 0 Å². The molecule has 0 saturated heterocycles. The summed E-state index contributed by atoms with van der Waals surface area (Å²) in [4.78, 5) is 38.5. The lowest BCUT2D eigenvalue weighted by atomic mass is 10.0. The lowest BCUT2D eigenvalue weighted by Crippen LogP contribution is -2.30. The Hall–Kier alpha value is -4.19. The van der Waals surface area contributed by atoms with Crippen LogP contribution in [0.5, 0.6) is 0 Å². The third-order valence-electron chi connectivity index (χ3n) is 14.9. The highest BCUT2D eigenvalue weighted by Gasteiger charge is 2.19. The topological polar surface area (TPSA) is 78.9 Å². The fraction of sp³-hybridized carbons (Fsp3) is 0.701. The lowest BCUT2D eigenvalue weighted by Gasteiger charge is -2.18. The van der Waals surface area contributed by atoms with Gasteiger partial charge in [-0.25, -0.2) is 0 Å². The second kappa shape index (κ2) is 70.3. The van der Waals surface area contributed by atoms with Crippen LogP contribution in [0.2, 0.25) is 0 Å². The van der Waals surface area contributed by atoms with E-state index in [9.17, 15) is 14.4 Å². The minimum Gasteiger partial charge on any atom is -0.462 e. The Morgan fingerprint density at radius 1 is 0.253 bits per heavy atom. The van der Waals surface area contributed by atoms with Crippen LogP contribution < -0.4 is 0 Å². The maximum absolute atomic E-state index is 13.0. The Labute approximate surface area is 513 Å². The minimum atomic E-state index is -0.795. The molecule has 0 fully saturated rings. The van der Waals surface area contributed by atoms with Gasteiger partial charge >= 0.3 is 17.9 Å². The molecular formula is C77H130O6. The van der Waals surface area contributed by atoms with E-state index in [1.54, 1.807) is 0 Å². The first-order valence-corrected chi connectivity index (χ1v) is 35.0. The molecule has 0 aliphatic carbocycles. The second-order valence-corrected chi connectivity index (χ2v) is 23.0. The van der Waals surface area contributed by atoms with Crippen LogP contribution >= 0.6 is 0 Å². The van der Waals surface area contributed by atoms with E-state index >= 15 is 0 Å². The van der Waals surface area contributed by atoms with Crippen molar-refractivity contribution in [2.75, 3.05) is 13.2 Å². The zero-order valence-corrected chi connectivity index (χ0v) is 54.4. The number of rotatable bonds is 63. The molecule has 0 bridgehead atoms. The van der Waals surface area contributed by atoms with E-state index in [0.29, 0.717) is 19.3 Å². The lowest BCUT2D eigenvalue weighted by molar-refractivity contribution is -0.167. The van der Waals surface area contributed by atoms with E-state index in [2.05, 4.69) is 142 Å². The van der Waals surface area contributed by atoms with E-state index in [1.165, 1.54) is 154 Å². The van der Waals surface area contributed by atoms with Crippen molar-refractivity contribution in [2.24, 2.45) is 0 Å². The first-order valence-electron chi connectivity index (χ1n) is 35.0. The standard InChI is InChI=1S/C77H130O6/c1-4-7-10-13-16-19-22-25-28-31-34-36-37-38-39-41-43-46-49-52-55-58-61-64-67-70-76(79)82-73-74(72-81-75(78)69-66-63-60-57-54-51-48-45-42-33-30-27-24-21-18-15-12-9-6-3)83-77(80)71-68-65-62-59-56-53-50-47-44-40-35-32-29-26-23-20-17-14-11-8-5-2/h7-8,10-11,16-17,19-20,25-30,34-36,40,47,50,74H,4-6,9,12-15,18,21-24,31-33,37-39,41-46,48-49,51-73H2,1-3H3/b10-7-,11-8-,19-16-,20-17-,28-25-,29-26-,30-27-,36-34-,40-35-,50-47-. The van der Waals surface area contributed by atoms with Gasteiger partial charge in [0, 0.05) is 19.3 Å². The van der Waals surface area contributed by atoms with Crippen molar-refractivity contribution in [3.8, 4) is 0 Å². The number of carbonyl (C=O) groups excluding carboxylic acids is 3. The molecule has 0 rings (SSSR count). The molecule has 6 heteroatoms. The van der Waals surface area contributed by atoms with Crippen molar-refractivity contribution in [2.45, 2.75) is 335 Å². The summed E-state index contributed by atoms with van der Waals surface area (Å²) in [5.41, 5.74) is 0. The van der Waals surface area contributed by atoms with Crippen LogP contribution in [0, 0.1) is 0 Å². The summed E-state index contributed by atoms with van der Waals surface area (Å²) in [7, 11) is 0. The van der Waals surface area contributed by atoms with Gasteiger partial charge in [0.2, 0.25) is 0 Å². The molecule has 474 valence electrons. The van der Waals surface area contributed by atoms with Crippen LogP contribution in [-0.4, -0.2) is 37.2 Å². The Morgan fingerprint density at radius 2 is 0.470 bits per heavy atom. The van der Waals surface area contributed by atoms with Crippen LogP contribution in [0.1, 0.15) is 329 Å². The molecule has 0 spiro atoms. The molecule has 0 N–H and O–H groups in total. The third kappa shape index (κ3) is 68.5. The van der Waals surface area contributed by atoms with E-state index in [1.807, 2.05) is 0 Å². The molecule has 1 unspecified atom stereocenters. The summed E-state index contributed by atoms with van der Waals surface area (Å²) in [6, 6.07) is 0. The normalized spacial score (nSPS) is 12.9. The number of allylic oxidation sites excluding steroid dienone is 20. The maximum Gasteiger partial charge on any atom is 0.306 e. The van der Waals surface area contributed by atoms with Gasteiger partial charge in [0.1, 0.15) is 13.2 Å². The first kappa shape index (κ1) is 78.8. The summed E-state index contributed by atoms with van der Waals surface area (Å²) >= 11 is 0. The molecule has 0 aliphatic rings. The van der Waals surface area contributed by atoms with Gasteiger partial charge in [-0.2, -0.15) is 0 Å². The van der Waals surface area contributed by atoms with Gasteiger partial charge in [-0.3, -0.25) is 14.4 Å². The largest absolute Gasteiger partial charge is 0.462 e. The molecule has 6 nitrogen and oxygen atoms in total. The van der Waals surface area contributed by atoms with E-state index < -0.39 is 6.10 Å². The number of esters is 3. The molecule has 0 amide bonds. The zero-order valence-electron chi connectivity index (χ0n) is 54.4. The highest BCUT2D eigenvalue weighted by molar-refractivity contribution is 5.71. The second-order valence-electron chi connectivity index (χ2n) is 23.0. The van der Waals surface area contributed by atoms with Crippen molar-refractivity contribution in [3.63, 3.8) is 0 Å². The number of unbranched alkanes of at least 4 members (excludes halogenated alkanes) is 32. The molecular weight excluding hydrogens is 1020 g/mol. The average molecular weight is 1150 g/mol. The van der Waals surface area contributed by atoms with Gasteiger partial charge in [-0.1, -0.05) is 303 Å². The summed E-state index contributed by atoms with van der Waals surface area (Å²) in [5.74, 6) is -0.899. The Balaban J connectivity index is 4.41. The van der Waals surface area contributed by atoms with Crippen LogP contribution in [0.25, 0.3) is 0 Å². The maximum atomic E-state index is 13.0. The fourth-order valence-corrected chi connectivity index (χ4v) is 9.75. The van der Waals surface area contributed by atoms with Crippen LogP contribution in [0.15, 0.2) is 122 Å². The van der Waals surface area contributed by atoms with Gasteiger partial charge < -0.3 is 14.2 Å².